The van der Waals surface area contributed by atoms with Crippen molar-refractivity contribution in [2.45, 2.75) is 170 Å². The van der Waals surface area contributed by atoms with Crippen LogP contribution in [0.15, 0.2) is 48.6 Å². The summed E-state index contributed by atoms with van der Waals surface area (Å²) >= 11 is 0. The summed E-state index contributed by atoms with van der Waals surface area (Å²) in [4.78, 5) is 12.1. The minimum Gasteiger partial charge on any atom is -0.466 e. The zero-order valence-electron chi connectivity index (χ0n) is 29.1. The predicted octanol–water partition coefficient (Wildman–Crippen LogP) is 13.1. The summed E-state index contributed by atoms with van der Waals surface area (Å²) in [5.41, 5.74) is 0. The summed E-state index contributed by atoms with van der Waals surface area (Å²) in [6, 6.07) is 0. The van der Waals surface area contributed by atoms with Gasteiger partial charge in [-0.15, -0.1) is 0 Å². The van der Waals surface area contributed by atoms with E-state index in [0.717, 1.165) is 56.3 Å². The van der Waals surface area contributed by atoms with Crippen LogP contribution < -0.4 is 0 Å². The number of esters is 1. The number of ether oxygens (including phenoxy) is 1. The van der Waals surface area contributed by atoms with E-state index in [1.165, 1.54) is 83.5 Å². The average molecular weight is 585 g/mol. The topological polar surface area (TPSA) is 26.3 Å². The van der Waals surface area contributed by atoms with E-state index in [-0.39, 0.29) is 5.97 Å². The van der Waals surface area contributed by atoms with Crippen molar-refractivity contribution < 1.29 is 9.53 Å². The molecule has 0 saturated heterocycles. The first kappa shape index (κ1) is 40.4. The lowest BCUT2D eigenvalue weighted by atomic mass is 9.91. The predicted molar refractivity (Wildman–Crippen MR) is 188 cm³/mol. The van der Waals surface area contributed by atoms with E-state index in [1.807, 2.05) is 0 Å². The third kappa shape index (κ3) is 31.4. The summed E-state index contributed by atoms with van der Waals surface area (Å²) < 4.78 is 5.50. The van der Waals surface area contributed by atoms with Gasteiger partial charge in [-0.2, -0.15) is 0 Å². The molecule has 0 aliphatic heterocycles. The van der Waals surface area contributed by atoms with E-state index < -0.39 is 0 Å². The van der Waals surface area contributed by atoms with Crippen LogP contribution in [0.4, 0.5) is 0 Å². The number of rotatable bonds is 29. The Kier molecular flexibility index (Phi) is 29.7. The molecule has 0 saturated carbocycles. The molecule has 0 aliphatic carbocycles. The molecule has 0 bridgehead atoms. The maximum atomic E-state index is 12.1. The van der Waals surface area contributed by atoms with Crippen molar-refractivity contribution in [3.8, 4) is 0 Å². The molecule has 3 atom stereocenters. The summed E-state index contributed by atoms with van der Waals surface area (Å²) in [6.07, 6.45) is 41.6. The molecule has 0 aliphatic rings. The Morgan fingerprint density at radius 3 is 1.43 bits per heavy atom. The highest BCUT2D eigenvalue weighted by Crippen LogP contribution is 2.22. The minimum atomic E-state index is -0.0369. The van der Waals surface area contributed by atoms with Gasteiger partial charge in [-0.3, -0.25) is 4.79 Å². The quantitative estimate of drug-likeness (QED) is 0.0496. The van der Waals surface area contributed by atoms with Gasteiger partial charge in [0.2, 0.25) is 0 Å². The minimum absolute atomic E-state index is 0.0369. The van der Waals surface area contributed by atoms with Crippen molar-refractivity contribution in [1.29, 1.82) is 0 Å². The number of hydrogen-bond acceptors (Lipinski definition) is 2. The largest absolute Gasteiger partial charge is 0.466 e. The summed E-state index contributed by atoms with van der Waals surface area (Å²) in [7, 11) is 0. The highest BCUT2D eigenvalue weighted by Gasteiger charge is 2.09. The second-order valence-corrected chi connectivity index (χ2v) is 13.5. The number of carbonyl (C=O) groups excluding carboxylic acids is 1. The molecule has 0 spiro atoms. The lowest BCUT2D eigenvalue weighted by Gasteiger charge is -2.16. The molecular formula is C40H72O2. The molecule has 3 unspecified atom stereocenters. The maximum absolute atomic E-state index is 12.1. The Labute approximate surface area is 263 Å². The van der Waals surface area contributed by atoms with Crippen LogP contribution in [0.5, 0.6) is 0 Å². The van der Waals surface area contributed by atoms with Crippen molar-refractivity contribution in [3.05, 3.63) is 48.6 Å². The van der Waals surface area contributed by atoms with Crippen LogP contribution >= 0.6 is 0 Å². The fourth-order valence-electron chi connectivity index (χ4n) is 5.31. The van der Waals surface area contributed by atoms with Crippen molar-refractivity contribution >= 4 is 5.97 Å². The van der Waals surface area contributed by atoms with Crippen LogP contribution in [0.25, 0.3) is 0 Å². The Morgan fingerprint density at radius 2 is 0.952 bits per heavy atom. The number of allylic oxidation sites excluding steroid dienone is 8. The van der Waals surface area contributed by atoms with Gasteiger partial charge in [0.05, 0.1) is 6.61 Å². The van der Waals surface area contributed by atoms with Crippen molar-refractivity contribution in [2.24, 2.45) is 23.7 Å². The summed E-state index contributed by atoms with van der Waals surface area (Å²) in [5, 5.41) is 0. The van der Waals surface area contributed by atoms with Crippen LogP contribution in [-0.4, -0.2) is 12.6 Å². The number of carbonyl (C=O) groups is 1. The Balaban J connectivity index is 3.62. The normalized spacial score (nSPS) is 14.6. The molecule has 0 heterocycles. The highest BCUT2D eigenvalue weighted by atomic mass is 16.5. The van der Waals surface area contributed by atoms with E-state index in [9.17, 15) is 4.79 Å². The van der Waals surface area contributed by atoms with Gasteiger partial charge in [0, 0.05) is 6.42 Å². The molecule has 0 rings (SSSR count). The molecule has 244 valence electrons. The van der Waals surface area contributed by atoms with Gasteiger partial charge in [-0.1, -0.05) is 161 Å². The van der Waals surface area contributed by atoms with Gasteiger partial charge in [0.15, 0.2) is 0 Å². The van der Waals surface area contributed by atoms with E-state index in [4.69, 9.17) is 4.74 Å². The van der Waals surface area contributed by atoms with E-state index >= 15 is 0 Å². The van der Waals surface area contributed by atoms with Crippen LogP contribution in [0.3, 0.4) is 0 Å². The monoisotopic (exact) mass is 585 g/mol. The van der Waals surface area contributed by atoms with Crippen molar-refractivity contribution in [2.75, 3.05) is 6.61 Å². The number of unbranched alkanes of at least 4 members (excludes halogenated alkanes) is 4. The van der Waals surface area contributed by atoms with Gasteiger partial charge in [-0.25, -0.2) is 0 Å². The average Bonchev–Trinajstić information content (AvgIpc) is 2.94. The highest BCUT2D eigenvalue weighted by molar-refractivity contribution is 5.69. The van der Waals surface area contributed by atoms with Crippen molar-refractivity contribution in [1.82, 2.24) is 0 Å². The van der Waals surface area contributed by atoms with Gasteiger partial charge < -0.3 is 4.74 Å². The summed E-state index contributed by atoms with van der Waals surface area (Å²) in [5.74, 6) is 3.17. The van der Waals surface area contributed by atoms with Crippen LogP contribution in [0.1, 0.15) is 170 Å². The fourth-order valence-corrected chi connectivity index (χ4v) is 5.31. The standard InChI is InChI=1S/C40H72O2/c1-7-8-9-10-11-12-13-14-15-16-17-18-19-20-21-22-23-33-40(41)42-35-34-39(6)32-26-31-38(5)30-25-29-37(4)28-24-27-36(2)3/h11-12,14-15,17-18,20-21,36-39H,7-10,13,16,19,22-35H2,1-6H3. The summed E-state index contributed by atoms with van der Waals surface area (Å²) in [6.45, 7) is 14.7. The second kappa shape index (κ2) is 30.9. The molecule has 2 nitrogen and oxygen atoms in total. The maximum Gasteiger partial charge on any atom is 0.305 e. The third-order valence-electron chi connectivity index (χ3n) is 8.35. The third-order valence-corrected chi connectivity index (χ3v) is 8.35. The van der Waals surface area contributed by atoms with E-state index in [1.54, 1.807) is 0 Å². The second-order valence-electron chi connectivity index (χ2n) is 13.5. The van der Waals surface area contributed by atoms with Crippen LogP contribution in [0, 0.1) is 23.7 Å². The van der Waals surface area contributed by atoms with E-state index in [0.29, 0.717) is 18.9 Å². The molecule has 0 amide bonds. The molecule has 0 radical (unpaired) electrons. The fraction of sp³-hybridized carbons (Fsp3) is 0.775. The van der Waals surface area contributed by atoms with E-state index in [2.05, 4.69) is 90.2 Å². The Morgan fingerprint density at radius 1 is 0.524 bits per heavy atom. The van der Waals surface area contributed by atoms with Gasteiger partial charge in [0.1, 0.15) is 0 Å². The first-order valence-electron chi connectivity index (χ1n) is 18.1. The van der Waals surface area contributed by atoms with Crippen LogP contribution in [-0.2, 0) is 9.53 Å². The number of hydrogen-bond donors (Lipinski definition) is 0. The SMILES string of the molecule is CCCCCC=CCC=CCC=CCC=CCCCC(=O)OCCC(C)CCCC(C)CCCC(C)CCCC(C)C. The Bertz CT molecular complexity index is 698. The zero-order chi connectivity index (χ0) is 31.1. The molecule has 0 aromatic heterocycles. The molecule has 42 heavy (non-hydrogen) atoms. The van der Waals surface area contributed by atoms with Gasteiger partial charge in [-0.05, 0) is 75.0 Å². The first-order chi connectivity index (χ1) is 20.3. The molecule has 0 aromatic rings. The molecule has 0 N–H and O–H groups in total. The molecular weight excluding hydrogens is 512 g/mol. The first-order valence-corrected chi connectivity index (χ1v) is 18.1. The Hall–Kier alpha value is -1.57. The smallest absolute Gasteiger partial charge is 0.305 e. The molecule has 0 aromatic carbocycles. The molecule has 2 heteroatoms. The van der Waals surface area contributed by atoms with Gasteiger partial charge >= 0.3 is 5.97 Å². The lowest BCUT2D eigenvalue weighted by Crippen LogP contribution is -2.09. The van der Waals surface area contributed by atoms with Gasteiger partial charge in [0.25, 0.3) is 0 Å². The van der Waals surface area contributed by atoms with Crippen LogP contribution in [0.2, 0.25) is 0 Å². The lowest BCUT2D eigenvalue weighted by molar-refractivity contribution is -0.144. The molecule has 0 fully saturated rings. The van der Waals surface area contributed by atoms with Crippen molar-refractivity contribution in [3.63, 3.8) is 0 Å². The zero-order valence-corrected chi connectivity index (χ0v) is 29.1.